The van der Waals surface area contributed by atoms with Crippen LogP contribution in [0.25, 0.3) is 0 Å². The third-order valence-electron chi connectivity index (χ3n) is 4.20. The first-order chi connectivity index (χ1) is 15.0. The molecule has 1 aromatic heterocycles. The van der Waals surface area contributed by atoms with Crippen molar-refractivity contribution in [1.29, 1.82) is 0 Å². The standard InChI is InChI=1S/C20H21N5O5S2/c1-15-12-13-21-20(22-15)24-32(29,30)18-10-8-16(9-11-18)23-19(26)14-25(31(2,27)28)17-6-4-3-5-7-17/h3-13H,14H2,1-2H3,(H,23,26)(H,21,22,24). The number of carbonyl (C=O) groups excluding carboxylic acids is 1. The molecule has 3 rings (SSSR count). The maximum atomic E-state index is 12.5. The number of nitrogens with one attached hydrogen (secondary N) is 2. The topological polar surface area (TPSA) is 138 Å². The molecule has 0 radical (unpaired) electrons. The van der Waals surface area contributed by atoms with Crippen molar-refractivity contribution in [3.05, 3.63) is 72.6 Å². The van der Waals surface area contributed by atoms with Crippen LogP contribution in [0.5, 0.6) is 0 Å². The molecule has 0 aliphatic rings. The second-order valence-corrected chi connectivity index (χ2v) is 10.4. The van der Waals surface area contributed by atoms with Gasteiger partial charge < -0.3 is 5.32 Å². The molecule has 0 unspecified atom stereocenters. The lowest BCUT2D eigenvalue weighted by atomic mass is 10.3. The molecule has 2 aromatic carbocycles. The minimum Gasteiger partial charge on any atom is -0.325 e. The number of aryl methyl sites for hydroxylation is 1. The largest absolute Gasteiger partial charge is 0.325 e. The molecule has 0 fully saturated rings. The number of sulfonamides is 2. The summed E-state index contributed by atoms with van der Waals surface area (Å²) >= 11 is 0. The van der Waals surface area contributed by atoms with Crippen molar-refractivity contribution >= 4 is 43.3 Å². The van der Waals surface area contributed by atoms with Gasteiger partial charge in [0.2, 0.25) is 21.9 Å². The van der Waals surface area contributed by atoms with Crippen LogP contribution in [0.2, 0.25) is 0 Å². The van der Waals surface area contributed by atoms with Crippen LogP contribution in [0.15, 0.2) is 71.8 Å². The van der Waals surface area contributed by atoms with Gasteiger partial charge in [-0.1, -0.05) is 18.2 Å². The van der Waals surface area contributed by atoms with Crippen LogP contribution < -0.4 is 14.3 Å². The fraction of sp³-hybridized carbons (Fsp3) is 0.150. The van der Waals surface area contributed by atoms with Gasteiger partial charge in [-0.25, -0.2) is 31.5 Å². The second kappa shape index (κ2) is 9.32. The van der Waals surface area contributed by atoms with Crippen molar-refractivity contribution in [3.63, 3.8) is 0 Å². The third kappa shape index (κ3) is 6.02. The SMILES string of the molecule is Cc1ccnc(NS(=O)(=O)c2ccc(NC(=O)CN(c3ccccc3)S(C)(=O)=O)cc2)n1. The fourth-order valence-corrected chi connectivity index (χ4v) is 4.53. The summed E-state index contributed by atoms with van der Waals surface area (Å²) in [5.74, 6) is -0.634. The van der Waals surface area contributed by atoms with E-state index in [4.69, 9.17) is 0 Å². The smallest absolute Gasteiger partial charge is 0.264 e. The summed E-state index contributed by atoms with van der Waals surface area (Å²) in [7, 11) is -7.62. The average molecular weight is 476 g/mol. The van der Waals surface area contributed by atoms with E-state index in [2.05, 4.69) is 20.0 Å². The van der Waals surface area contributed by atoms with Gasteiger partial charge in [0, 0.05) is 17.6 Å². The normalized spacial score (nSPS) is 11.6. The van der Waals surface area contributed by atoms with E-state index in [1.807, 2.05) is 0 Å². The lowest BCUT2D eigenvalue weighted by Gasteiger charge is -2.21. The zero-order valence-corrected chi connectivity index (χ0v) is 18.9. The van der Waals surface area contributed by atoms with Gasteiger partial charge in [-0.15, -0.1) is 0 Å². The van der Waals surface area contributed by atoms with Crippen LogP contribution in [0.1, 0.15) is 5.69 Å². The van der Waals surface area contributed by atoms with Crippen LogP contribution in [0, 0.1) is 6.92 Å². The Morgan fingerprint density at radius 3 is 2.22 bits per heavy atom. The summed E-state index contributed by atoms with van der Waals surface area (Å²) < 4.78 is 52.5. The Labute approximate surface area is 186 Å². The van der Waals surface area contributed by atoms with Crippen molar-refractivity contribution in [2.24, 2.45) is 0 Å². The van der Waals surface area contributed by atoms with Crippen molar-refractivity contribution < 1.29 is 21.6 Å². The number of hydrogen-bond donors (Lipinski definition) is 2. The van der Waals surface area contributed by atoms with E-state index in [-0.39, 0.29) is 10.8 Å². The maximum Gasteiger partial charge on any atom is 0.264 e. The van der Waals surface area contributed by atoms with Crippen molar-refractivity contribution in [1.82, 2.24) is 9.97 Å². The van der Waals surface area contributed by atoms with Crippen LogP contribution in [0.4, 0.5) is 17.3 Å². The Morgan fingerprint density at radius 2 is 1.62 bits per heavy atom. The predicted molar refractivity (Wildman–Crippen MR) is 121 cm³/mol. The highest BCUT2D eigenvalue weighted by Crippen LogP contribution is 2.19. The highest BCUT2D eigenvalue weighted by atomic mass is 32.2. The molecule has 3 aromatic rings. The van der Waals surface area contributed by atoms with Crippen molar-refractivity contribution in [3.8, 4) is 0 Å². The number of nitrogens with zero attached hydrogens (tertiary/aromatic N) is 3. The third-order valence-corrected chi connectivity index (χ3v) is 6.69. The number of rotatable bonds is 8. The summed E-state index contributed by atoms with van der Waals surface area (Å²) in [6.07, 6.45) is 2.45. The molecule has 0 spiro atoms. The molecule has 1 amide bonds. The number of para-hydroxylation sites is 1. The summed E-state index contributed by atoms with van der Waals surface area (Å²) in [6, 6.07) is 15.3. The fourth-order valence-electron chi connectivity index (χ4n) is 2.72. The molecular weight excluding hydrogens is 454 g/mol. The second-order valence-electron chi connectivity index (χ2n) is 6.80. The van der Waals surface area contributed by atoms with E-state index in [1.54, 1.807) is 43.3 Å². The van der Waals surface area contributed by atoms with Crippen LogP contribution in [-0.2, 0) is 24.8 Å². The Kier molecular flexibility index (Phi) is 6.75. The molecule has 2 N–H and O–H groups in total. The number of anilines is 3. The number of hydrogen-bond acceptors (Lipinski definition) is 7. The van der Waals surface area contributed by atoms with E-state index < -0.39 is 32.5 Å². The van der Waals surface area contributed by atoms with E-state index in [9.17, 15) is 21.6 Å². The van der Waals surface area contributed by atoms with Gasteiger partial charge in [0.25, 0.3) is 10.0 Å². The summed E-state index contributed by atoms with van der Waals surface area (Å²) in [5, 5.41) is 2.57. The monoisotopic (exact) mass is 475 g/mol. The van der Waals surface area contributed by atoms with Crippen molar-refractivity contribution in [2.45, 2.75) is 11.8 Å². The molecule has 0 aliphatic carbocycles. The first kappa shape index (κ1) is 23.2. The maximum absolute atomic E-state index is 12.5. The predicted octanol–water partition coefficient (Wildman–Crippen LogP) is 1.99. The Hall–Kier alpha value is -3.51. The minimum atomic E-state index is -3.92. The lowest BCUT2D eigenvalue weighted by molar-refractivity contribution is -0.114. The zero-order chi connectivity index (χ0) is 23.4. The van der Waals surface area contributed by atoms with Crippen molar-refractivity contribution in [2.75, 3.05) is 27.1 Å². The van der Waals surface area contributed by atoms with Crippen LogP contribution in [-0.4, -0.2) is 45.5 Å². The van der Waals surface area contributed by atoms with Gasteiger partial charge in [-0.3, -0.25) is 9.10 Å². The average Bonchev–Trinajstić information content (AvgIpc) is 2.72. The van der Waals surface area contributed by atoms with Gasteiger partial charge in [0.1, 0.15) is 6.54 Å². The van der Waals surface area contributed by atoms with Gasteiger partial charge >= 0.3 is 0 Å². The Bertz CT molecular complexity index is 1310. The van der Waals surface area contributed by atoms with Gasteiger partial charge in [-0.2, -0.15) is 0 Å². The molecule has 0 aliphatic heterocycles. The minimum absolute atomic E-state index is 0.0517. The highest BCUT2D eigenvalue weighted by Gasteiger charge is 2.21. The summed E-state index contributed by atoms with van der Waals surface area (Å²) in [5.41, 5.74) is 1.27. The molecular formula is C20H21N5O5S2. The number of benzene rings is 2. The summed E-state index contributed by atoms with van der Waals surface area (Å²) in [6.45, 7) is 1.27. The molecule has 12 heteroatoms. The molecule has 10 nitrogen and oxygen atoms in total. The number of aromatic nitrogens is 2. The molecule has 32 heavy (non-hydrogen) atoms. The number of carbonyl (C=O) groups is 1. The quantitative estimate of drug-likeness (QED) is 0.508. The van der Waals surface area contributed by atoms with Crippen LogP contribution in [0.3, 0.4) is 0 Å². The molecule has 0 saturated heterocycles. The molecule has 168 valence electrons. The summed E-state index contributed by atoms with van der Waals surface area (Å²) in [4.78, 5) is 20.2. The molecule has 0 saturated carbocycles. The molecule has 1 heterocycles. The number of amides is 1. The van der Waals surface area contributed by atoms with Gasteiger partial charge in [0.05, 0.1) is 16.8 Å². The molecule has 0 atom stereocenters. The van der Waals surface area contributed by atoms with Gasteiger partial charge in [0.15, 0.2) is 0 Å². The van der Waals surface area contributed by atoms with E-state index in [0.717, 1.165) is 10.6 Å². The lowest BCUT2D eigenvalue weighted by Crippen LogP contribution is -2.37. The Morgan fingerprint density at radius 1 is 0.969 bits per heavy atom. The van der Waals surface area contributed by atoms with E-state index >= 15 is 0 Å². The first-order valence-corrected chi connectivity index (χ1v) is 12.6. The Balaban J connectivity index is 1.70. The highest BCUT2D eigenvalue weighted by molar-refractivity contribution is 7.92. The van der Waals surface area contributed by atoms with E-state index in [0.29, 0.717) is 17.1 Å². The van der Waals surface area contributed by atoms with E-state index in [1.165, 1.54) is 30.5 Å². The van der Waals surface area contributed by atoms with Gasteiger partial charge in [-0.05, 0) is 49.4 Å². The van der Waals surface area contributed by atoms with Crippen LogP contribution >= 0.6 is 0 Å². The zero-order valence-electron chi connectivity index (χ0n) is 17.3. The molecule has 0 bridgehead atoms. The first-order valence-electron chi connectivity index (χ1n) is 9.30.